The smallest absolute Gasteiger partial charge is 0.193 e. The average molecular weight is 351 g/mol. The SMILES string of the molecule is CN=C(NCCN(C(C)C)C(C)C)N(C)Cc1cn(C)nc1C(C)C. The second-order valence-corrected chi connectivity index (χ2v) is 7.62. The van der Waals surface area contributed by atoms with Gasteiger partial charge in [-0.25, -0.2) is 0 Å². The molecule has 0 amide bonds. The van der Waals surface area contributed by atoms with Crippen molar-refractivity contribution in [3.63, 3.8) is 0 Å². The zero-order chi connectivity index (χ0) is 19.1. The van der Waals surface area contributed by atoms with Crippen LogP contribution in [0.25, 0.3) is 0 Å². The standard InChI is InChI=1S/C19H38N6/c1-14(2)18-17(13-24(9)22-18)12-23(8)19(20-7)21-10-11-25(15(3)4)16(5)6/h13-16H,10-12H2,1-9H3,(H,20,21). The van der Waals surface area contributed by atoms with E-state index in [1.165, 1.54) is 5.56 Å². The van der Waals surface area contributed by atoms with Crippen LogP contribution in [0.1, 0.15) is 58.7 Å². The van der Waals surface area contributed by atoms with Crippen LogP contribution in [0.4, 0.5) is 0 Å². The van der Waals surface area contributed by atoms with Crippen LogP contribution in [-0.2, 0) is 13.6 Å². The van der Waals surface area contributed by atoms with E-state index in [9.17, 15) is 0 Å². The highest BCUT2D eigenvalue weighted by Crippen LogP contribution is 2.18. The summed E-state index contributed by atoms with van der Waals surface area (Å²) in [6.45, 7) is 16.1. The van der Waals surface area contributed by atoms with Gasteiger partial charge in [0.1, 0.15) is 0 Å². The molecule has 0 saturated carbocycles. The van der Waals surface area contributed by atoms with Gasteiger partial charge in [-0.3, -0.25) is 14.6 Å². The van der Waals surface area contributed by atoms with Gasteiger partial charge in [0, 0.05) is 64.6 Å². The molecule has 0 aliphatic rings. The van der Waals surface area contributed by atoms with Crippen molar-refractivity contribution in [2.75, 3.05) is 27.2 Å². The maximum absolute atomic E-state index is 4.60. The second kappa shape index (κ2) is 9.80. The first-order chi connectivity index (χ1) is 11.7. The molecule has 0 fully saturated rings. The maximum Gasteiger partial charge on any atom is 0.193 e. The van der Waals surface area contributed by atoms with E-state index in [1.807, 2.05) is 18.8 Å². The molecular formula is C19H38N6. The number of hydrogen-bond acceptors (Lipinski definition) is 3. The minimum atomic E-state index is 0.421. The zero-order valence-electron chi connectivity index (χ0n) is 17.7. The largest absolute Gasteiger partial charge is 0.355 e. The van der Waals surface area contributed by atoms with Gasteiger partial charge in [0.15, 0.2) is 5.96 Å². The molecular weight excluding hydrogens is 312 g/mol. The van der Waals surface area contributed by atoms with Crippen molar-refractivity contribution in [2.24, 2.45) is 12.0 Å². The van der Waals surface area contributed by atoms with Crippen LogP contribution < -0.4 is 5.32 Å². The highest BCUT2D eigenvalue weighted by atomic mass is 15.3. The summed E-state index contributed by atoms with van der Waals surface area (Å²) in [5, 5.41) is 8.09. The Morgan fingerprint density at radius 2 is 1.80 bits per heavy atom. The summed E-state index contributed by atoms with van der Waals surface area (Å²) in [7, 11) is 5.90. The Kier molecular flexibility index (Phi) is 8.42. The first kappa shape index (κ1) is 21.5. The number of guanidine groups is 1. The minimum absolute atomic E-state index is 0.421. The van der Waals surface area contributed by atoms with Crippen LogP contribution in [0, 0.1) is 0 Å². The van der Waals surface area contributed by atoms with Gasteiger partial charge in [0.25, 0.3) is 0 Å². The Morgan fingerprint density at radius 1 is 1.20 bits per heavy atom. The predicted molar refractivity (Wildman–Crippen MR) is 107 cm³/mol. The summed E-state index contributed by atoms with van der Waals surface area (Å²) in [6, 6.07) is 1.09. The van der Waals surface area contributed by atoms with E-state index in [-0.39, 0.29) is 0 Å². The third-order valence-electron chi connectivity index (χ3n) is 4.44. The van der Waals surface area contributed by atoms with Crippen molar-refractivity contribution in [2.45, 2.75) is 66.1 Å². The molecule has 1 aromatic heterocycles. The normalized spacial score (nSPS) is 12.8. The summed E-state index contributed by atoms with van der Waals surface area (Å²) in [6.07, 6.45) is 2.11. The summed E-state index contributed by atoms with van der Waals surface area (Å²) >= 11 is 0. The molecule has 6 nitrogen and oxygen atoms in total. The van der Waals surface area contributed by atoms with Crippen LogP contribution in [-0.4, -0.2) is 64.8 Å². The van der Waals surface area contributed by atoms with Crippen molar-refractivity contribution >= 4 is 5.96 Å². The predicted octanol–water partition coefficient (Wildman–Crippen LogP) is 2.67. The van der Waals surface area contributed by atoms with Crippen molar-refractivity contribution in [1.29, 1.82) is 0 Å². The lowest BCUT2D eigenvalue weighted by Gasteiger charge is -2.31. The molecule has 1 rings (SSSR count). The van der Waals surface area contributed by atoms with E-state index >= 15 is 0 Å². The lowest BCUT2D eigenvalue weighted by molar-refractivity contribution is 0.178. The molecule has 0 atom stereocenters. The third kappa shape index (κ3) is 6.34. The summed E-state index contributed by atoms with van der Waals surface area (Å²) in [4.78, 5) is 9.09. The molecule has 25 heavy (non-hydrogen) atoms. The fraction of sp³-hybridized carbons (Fsp3) is 0.789. The molecule has 144 valence electrons. The molecule has 0 spiro atoms. The van der Waals surface area contributed by atoms with E-state index < -0.39 is 0 Å². The van der Waals surface area contributed by atoms with E-state index in [4.69, 9.17) is 0 Å². The van der Waals surface area contributed by atoms with Crippen LogP contribution in [0.3, 0.4) is 0 Å². The van der Waals surface area contributed by atoms with Crippen molar-refractivity contribution in [3.8, 4) is 0 Å². The monoisotopic (exact) mass is 350 g/mol. The molecule has 0 aromatic carbocycles. The van der Waals surface area contributed by atoms with Gasteiger partial charge >= 0.3 is 0 Å². The van der Waals surface area contributed by atoms with Crippen LogP contribution >= 0.6 is 0 Å². The van der Waals surface area contributed by atoms with Gasteiger partial charge in [-0.2, -0.15) is 5.10 Å². The fourth-order valence-corrected chi connectivity index (χ4v) is 3.29. The van der Waals surface area contributed by atoms with Crippen LogP contribution in [0.2, 0.25) is 0 Å². The van der Waals surface area contributed by atoms with Gasteiger partial charge in [-0.15, -0.1) is 0 Å². The van der Waals surface area contributed by atoms with Gasteiger partial charge < -0.3 is 10.2 Å². The number of aromatic nitrogens is 2. The summed E-state index contributed by atoms with van der Waals surface area (Å²) in [5.41, 5.74) is 2.42. The quantitative estimate of drug-likeness (QED) is 0.578. The first-order valence-electron chi connectivity index (χ1n) is 9.37. The molecule has 1 aromatic rings. The van der Waals surface area contributed by atoms with Crippen LogP contribution in [0.5, 0.6) is 0 Å². The van der Waals surface area contributed by atoms with Gasteiger partial charge in [-0.1, -0.05) is 13.8 Å². The highest BCUT2D eigenvalue weighted by molar-refractivity contribution is 5.79. The molecule has 0 radical (unpaired) electrons. The molecule has 0 bridgehead atoms. The Balaban J connectivity index is 2.65. The molecule has 0 aliphatic carbocycles. The zero-order valence-corrected chi connectivity index (χ0v) is 17.7. The molecule has 0 unspecified atom stereocenters. The van der Waals surface area contributed by atoms with E-state index in [2.05, 4.69) is 80.0 Å². The van der Waals surface area contributed by atoms with Crippen molar-refractivity contribution in [3.05, 3.63) is 17.5 Å². The molecule has 0 saturated heterocycles. The summed E-state index contributed by atoms with van der Waals surface area (Å²) < 4.78 is 1.90. The lowest BCUT2D eigenvalue weighted by atomic mass is 10.1. The van der Waals surface area contributed by atoms with Gasteiger partial charge in [0.05, 0.1) is 5.69 Å². The number of hydrogen-bond donors (Lipinski definition) is 1. The van der Waals surface area contributed by atoms with E-state index in [0.29, 0.717) is 18.0 Å². The Bertz CT molecular complexity index is 536. The number of nitrogens with one attached hydrogen (secondary N) is 1. The summed E-state index contributed by atoms with van der Waals surface area (Å²) in [5.74, 6) is 1.34. The molecule has 1 N–H and O–H groups in total. The molecule has 1 heterocycles. The van der Waals surface area contributed by atoms with Gasteiger partial charge in [-0.05, 0) is 33.6 Å². The van der Waals surface area contributed by atoms with E-state index in [0.717, 1.165) is 31.3 Å². The number of nitrogens with zero attached hydrogens (tertiary/aromatic N) is 5. The van der Waals surface area contributed by atoms with Crippen molar-refractivity contribution < 1.29 is 0 Å². The lowest BCUT2D eigenvalue weighted by Crippen LogP contribution is -2.45. The van der Waals surface area contributed by atoms with Gasteiger partial charge in [0.2, 0.25) is 0 Å². The average Bonchev–Trinajstić information content (AvgIpc) is 2.87. The van der Waals surface area contributed by atoms with Crippen molar-refractivity contribution in [1.82, 2.24) is 24.9 Å². The fourth-order valence-electron chi connectivity index (χ4n) is 3.29. The third-order valence-corrected chi connectivity index (χ3v) is 4.44. The second-order valence-electron chi connectivity index (χ2n) is 7.62. The Morgan fingerprint density at radius 3 is 2.28 bits per heavy atom. The Hall–Kier alpha value is -1.56. The number of rotatable bonds is 8. The highest BCUT2D eigenvalue weighted by Gasteiger charge is 2.16. The molecule has 6 heteroatoms. The first-order valence-corrected chi connectivity index (χ1v) is 9.37. The minimum Gasteiger partial charge on any atom is -0.355 e. The maximum atomic E-state index is 4.60. The van der Waals surface area contributed by atoms with Crippen LogP contribution in [0.15, 0.2) is 11.2 Å². The Labute approximate surface area is 154 Å². The van der Waals surface area contributed by atoms with E-state index in [1.54, 1.807) is 0 Å². The topological polar surface area (TPSA) is 48.7 Å². The number of aliphatic imine (C=N–C) groups is 1. The molecule has 0 aliphatic heterocycles. The number of aryl methyl sites for hydroxylation is 1.